The topological polar surface area (TPSA) is 74.0 Å². The Morgan fingerprint density at radius 1 is 1.27 bits per heavy atom. The number of fused-ring (bicyclic) bond motifs is 1. The largest absolute Gasteiger partial charge is 0.379 e. The Labute approximate surface area is 129 Å². The number of rotatable bonds is 1. The zero-order chi connectivity index (χ0) is 16.0. The SMILES string of the molecule is CC1(C)CC(O)(c2ccccn2)c2cc(C#N)ccc2C1=O. The molecule has 0 saturated heterocycles. The van der Waals surface area contributed by atoms with Crippen LogP contribution in [0.25, 0.3) is 0 Å². The van der Waals surface area contributed by atoms with Crippen LogP contribution in [-0.2, 0) is 5.60 Å². The molecule has 0 radical (unpaired) electrons. The summed E-state index contributed by atoms with van der Waals surface area (Å²) < 4.78 is 0. The number of pyridine rings is 1. The molecule has 2 aromatic rings. The Bertz CT molecular complexity index is 790. The van der Waals surface area contributed by atoms with Gasteiger partial charge in [-0.1, -0.05) is 19.9 Å². The van der Waals surface area contributed by atoms with Gasteiger partial charge in [-0.15, -0.1) is 0 Å². The molecule has 4 heteroatoms. The number of Topliss-reactive ketones (excluding diaryl/α,β-unsaturated/α-hetero) is 1. The van der Waals surface area contributed by atoms with E-state index in [0.29, 0.717) is 22.4 Å². The molecule has 0 bridgehead atoms. The summed E-state index contributed by atoms with van der Waals surface area (Å²) in [5.74, 6) is -0.0207. The average Bonchev–Trinajstić information content (AvgIpc) is 2.53. The van der Waals surface area contributed by atoms with E-state index in [4.69, 9.17) is 5.26 Å². The molecule has 1 atom stereocenters. The highest BCUT2D eigenvalue weighted by molar-refractivity contribution is 6.03. The van der Waals surface area contributed by atoms with Crippen LogP contribution in [0.15, 0.2) is 42.6 Å². The predicted octanol–water partition coefficient (Wildman–Crippen LogP) is 2.80. The van der Waals surface area contributed by atoms with Crippen LogP contribution in [0, 0.1) is 16.7 Å². The maximum atomic E-state index is 12.6. The summed E-state index contributed by atoms with van der Waals surface area (Å²) >= 11 is 0. The van der Waals surface area contributed by atoms with Crippen molar-refractivity contribution in [2.75, 3.05) is 0 Å². The molecule has 0 saturated carbocycles. The first-order chi connectivity index (χ1) is 10.4. The van der Waals surface area contributed by atoms with Gasteiger partial charge in [-0.05, 0) is 36.8 Å². The van der Waals surface area contributed by atoms with Gasteiger partial charge in [0, 0.05) is 22.7 Å². The van der Waals surface area contributed by atoms with E-state index in [1.807, 2.05) is 13.8 Å². The minimum Gasteiger partial charge on any atom is -0.379 e. The fraction of sp³-hybridized carbons (Fsp3) is 0.278. The van der Waals surface area contributed by atoms with Crippen molar-refractivity contribution in [3.05, 3.63) is 65.0 Å². The lowest BCUT2D eigenvalue weighted by Gasteiger charge is -2.41. The highest BCUT2D eigenvalue weighted by Crippen LogP contribution is 2.47. The molecule has 0 aliphatic heterocycles. The second-order valence-corrected chi connectivity index (χ2v) is 6.34. The smallest absolute Gasteiger partial charge is 0.168 e. The van der Waals surface area contributed by atoms with Crippen molar-refractivity contribution >= 4 is 5.78 Å². The van der Waals surface area contributed by atoms with E-state index in [2.05, 4.69) is 11.1 Å². The second-order valence-electron chi connectivity index (χ2n) is 6.34. The third-order valence-corrected chi connectivity index (χ3v) is 4.24. The minimum absolute atomic E-state index is 0.0207. The van der Waals surface area contributed by atoms with Crippen LogP contribution >= 0.6 is 0 Å². The van der Waals surface area contributed by atoms with E-state index < -0.39 is 11.0 Å². The van der Waals surface area contributed by atoms with Crippen molar-refractivity contribution in [2.45, 2.75) is 25.9 Å². The summed E-state index contributed by atoms with van der Waals surface area (Å²) in [4.78, 5) is 16.9. The van der Waals surface area contributed by atoms with Gasteiger partial charge in [0.25, 0.3) is 0 Å². The molecular formula is C18H16N2O2. The first kappa shape index (κ1) is 14.4. The molecule has 1 unspecified atom stereocenters. The number of carbonyl (C=O) groups excluding carboxylic acids is 1. The lowest BCUT2D eigenvalue weighted by molar-refractivity contribution is 0.0165. The number of benzene rings is 1. The molecule has 1 aromatic heterocycles. The number of aromatic nitrogens is 1. The standard InChI is InChI=1S/C18H16N2O2/c1-17(2)11-18(22,15-5-3-4-8-20-15)14-9-12(10-19)6-7-13(14)16(17)21/h3-9,22H,11H2,1-2H3. The van der Waals surface area contributed by atoms with Gasteiger partial charge in [0.15, 0.2) is 5.78 Å². The quantitative estimate of drug-likeness (QED) is 0.877. The summed E-state index contributed by atoms with van der Waals surface area (Å²) in [7, 11) is 0. The van der Waals surface area contributed by atoms with Crippen molar-refractivity contribution in [3.63, 3.8) is 0 Å². The molecule has 22 heavy (non-hydrogen) atoms. The molecule has 0 fully saturated rings. The third kappa shape index (κ3) is 2.02. The van der Waals surface area contributed by atoms with Crippen LogP contribution in [0.5, 0.6) is 0 Å². The molecule has 1 aliphatic carbocycles. The van der Waals surface area contributed by atoms with Crippen molar-refractivity contribution in [1.82, 2.24) is 4.98 Å². The van der Waals surface area contributed by atoms with Gasteiger partial charge in [-0.2, -0.15) is 5.26 Å². The second kappa shape index (κ2) is 4.75. The minimum atomic E-state index is -1.37. The first-order valence-corrected chi connectivity index (χ1v) is 7.12. The first-order valence-electron chi connectivity index (χ1n) is 7.12. The van der Waals surface area contributed by atoms with Crippen molar-refractivity contribution in [2.24, 2.45) is 5.41 Å². The number of ketones is 1. The van der Waals surface area contributed by atoms with Crippen LogP contribution < -0.4 is 0 Å². The van der Waals surface area contributed by atoms with Gasteiger partial charge in [-0.3, -0.25) is 9.78 Å². The Morgan fingerprint density at radius 2 is 2.05 bits per heavy atom. The van der Waals surface area contributed by atoms with Gasteiger partial charge in [0.05, 0.1) is 17.3 Å². The molecule has 1 heterocycles. The lowest BCUT2D eigenvalue weighted by atomic mass is 9.64. The van der Waals surface area contributed by atoms with E-state index in [-0.39, 0.29) is 12.2 Å². The predicted molar refractivity (Wildman–Crippen MR) is 81.1 cm³/mol. The van der Waals surface area contributed by atoms with E-state index in [1.54, 1.807) is 42.6 Å². The monoisotopic (exact) mass is 292 g/mol. The van der Waals surface area contributed by atoms with Crippen molar-refractivity contribution in [3.8, 4) is 6.07 Å². The van der Waals surface area contributed by atoms with Crippen molar-refractivity contribution in [1.29, 1.82) is 5.26 Å². The number of hydrogen-bond acceptors (Lipinski definition) is 4. The number of nitriles is 1. The molecule has 3 rings (SSSR count). The molecule has 4 nitrogen and oxygen atoms in total. The summed E-state index contributed by atoms with van der Waals surface area (Å²) in [6, 6.07) is 12.2. The molecule has 110 valence electrons. The van der Waals surface area contributed by atoms with Crippen LogP contribution in [0.4, 0.5) is 0 Å². The normalized spacial score (nSPS) is 22.7. The number of hydrogen-bond donors (Lipinski definition) is 1. The molecule has 1 aliphatic rings. The van der Waals surface area contributed by atoms with Gasteiger partial charge >= 0.3 is 0 Å². The van der Waals surface area contributed by atoms with Gasteiger partial charge in [0.2, 0.25) is 0 Å². The van der Waals surface area contributed by atoms with E-state index in [1.165, 1.54) is 0 Å². The molecule has 0 amide bonds. The van der Waals surface area contributed by atoms with Crippen LogP contribution in [-0.4, -0.2) is 15.9 Å². The highest BCUT2D eigenvalue weighted by Gasteiger charge is 2.49. The number of carbonyl (C=O) groups is 1. The number of aliphatic hydroxyl groups is 1. The Balaban J connectivity index is 2.31. The average molecular weight is 292 g/mol. The van der Waals surface area contributed by atoms with E-state index in [9.17, 15) is 9.90 Å². The van der Waals surface area contributed by atoms with Gasteiger partial charge < -0.3 is 5.11 Å². The molecular weight excluding hydrogens is 276 g/mol. The van der Waals surface area contributed by atoms with Crippen LogP contribution in [0.1, 0.15) is 47.4 Å². The van der Waals surface area contributed by atoms with E-state index in [0.717, 1.165) is 0 Å². The lowest BCUT2D eigenvalue weighted by Crippen LogP contribution is -2.44. The Kier molecular flexibility index (Phi) is 3.12. The zero-order valence-electron chi connectivity index (χ0n) is 12.5. The fourth-order valence-electron chi connectivity index (χ4n) is 3.17. The summed E-state index contributed by atoms with van der Waals surface area (Å²) in [6.45, 7) is 3.65. The Morgan fingerprint density at radius 3 is 2.68 bits per heavy atom. The summed E-state index contributed by atoms with van der Waals surface area (Å²) in [5, 5.41) is 20.5. The van der Waals surface area contributed by atoms with Crippen molar-refractivity contribution < 1.29 is 9.90 Å². The molecule has 0 spiro atoms. The highest BCUT2D eigenvalue weighted by atomic mass is 16.3. The number of nitrogens with zero attached hydrogens (tertiary/aromatic N) is 2. The van der Waals surface area contributed by atoms with Gasteiger partial charge in [0.1, 0.15) is 5.60 Å². The van der Waals surface area contributed by atoms with E-state index >= 15 is 0 Å². The molecule has 1 aromatic carbocycles. The Hall–Kier alpha value is -2.51. The van der Waals surface area contributed by atoms with Crippen LogP contribution in [0.2, 0.25) is 0 Å². The summed E-state index contributed by atoms with van der Waals surface area (Å²) in [5.41, 5.74) is -0.237. The third-order valence-electron chi connectivity index (χ3n) is 4.24. The maximum Gasteiger partial charge on any atom is 0.168 e. The maximum absolute atomic E-state index is 12.6. The zero-order valence-corrected chi connectivity index (χ0v) is 12.5. The molecule has 1 N–H and O–H groups in total. The fourth-order valence-corrected chi connectivity index (χ4v) is 3.17. The van der Waals surface area contributed by atoms with Crippen LogP contribution in [0.3, 0.4) is 0 Å². The van der Waals surface area contributed by atoms with Gasteiger partial charge in [-0.25, -0.2) is 0 Å². The summed E-state index contributed by atoms with van der Waals surface area (Å²) in [6.07, 6.45) is 1.85.